The summed E-state index contributed by atoms with van der Waals surface area (Å²) in [6.45, 7) is 2.08. The van der Waals surface area contributed by atoms with Crippen molar-refractivity contribution in [1.82, 2.24) is 4.31 Å². The molecule has 0 fully saturated rings. The van der Waals surface area contributed by atoms with E-state index < -0.39 is 10.0 Å². The number of rotatable bonds is 5. The Morgan fingerprint density at radius 3 is 2.18 bits per heavy atom. The Labute approximate surface area is 138 Å². The predicted octanol–water partition coefficient (Wildman–Crippen LogP) is 2.74. The molecule has 4 nitrogen and oxygen atoms in total. The first-order valence-corrected chi connectivity index (χ1v) is 8.25. The predicted molar refractivity (Wildman–Crippen MR) is 92.6 cm³/mol. The summed E-state index contributed by atoms with van der Waals surface area (Å²) < 4.78 is 26.9. The van der Waals surface area contributed by atoms with Gasteiger partial charge in [0.2, 0.25) is 10.0 Å². The van der Waals surface area contributed by atoms with Crippen molar-refractivity contribution in [3.8, 4) is 11.1 Å². The molecule has 1 atom stereocenters. The SMILES string of the molecule is CC(CN)N(C)S(=O)(=O)c1ccccc1-c1ccccc1.Cl. The van der Waals surface area contributed by atoms with Crippen LogP contribution in [0.1, 0.15) is 6.92 Å². The van der Waals surface area contributed by atoms with Crippen LogP contribution in [0.15, 0.2) is 59.5 Å². The minimum atomic E-state index is -3.58. The fourth-order valence-corrected chi connectivity index (χ4v) is 3.67. The van der Waals surface area contributed by atoms with Gasteiger partial charge in [0.1, 0.15) is 0 Å². The number of benzene rings is 2. The number of halogens is 1. The minimum absolute atomic E-state index is 0. The maximum absolute atomic E-state index is 12.8. The van der Waals surface area contributed by atoms with Gasteiger partial charge in [0, 0.05) is 25.2 Å². The lowest BCUT2D eigenvalue weighted by Gasteiger charge is -2.24. The quantitative estimate of drug-likeness (QED) is 0.910. The van der Waals surface area contributed by atoms with Crippen LogP contribution in [0.3, 0.4) is 0 Å². The summed E-state index contributed by atoms with van der Waals surface area (Å²) in [6, 6.07) is 16.3. The lowest BCUT2D eigenvalue weighted by Crippen LogP contribution is -2.39. The normalized spacial score (nSPS) is 12.7. The van der Waals surface area contributed by atoms with Crippen molar-refractivity contribution < 1.29 is 8.42 Å². The van der Waals surface area contributed by atoms with Gasteiger partial charge in [0.05, 0.1) is 4.90 Å². The van der Waals surface area contributed by atoms with Crippen LogP contribution in [-0.2, 0) is 10.0 Å². The largest absolute Gasteiger partial charge is 0.329 e. The van der Waals surface area contributed by atoms with Crippen LogP contribution in [0.2, 0.25) is 0 Å². The van der Waals surface area contributed by atoms with Crippen LogP contribution in [0.5, 0.6) is 0 Å². The van der Waals surface area contributed by atoms with E-state index in [1.54, 1.807) is 26.1 Å². The number of likely N-dealkylation sites (N-methyl/N-ethyl adjacent to an activating group) is 1. The third-order valence-electron chi connectivity index (χ3n) is 3.59. The van der Waals surface area contributed by atoms with Crippen LogP contribution in [0.4, 0.5) is 0 Å². The van der Waals surface area contributed by atoms with Crippen molar-refractivity contribution in [3.63, 3.8) is 0 Å². The molecule has 0 amide bonds. The van der Waals surface area contributed by atoms with E-state index in [0.29, 0.717) is 10.5 Å². The summed E-state index contributed by atoms with van der Waals surface area (Å²) in [7, 11) is -2.01. The smallest absolute Gasteiger partial charge is 0.243 e. The molecule has 2 N–H and O–H groups in total. The fourth-order valence-electron chi connectivity index (χ4n) is 2.09. The van der Waals surface area contributed by atoms with Gasteiger partial charge < -0.3 is 5.73 Å². The molecule has 0 saturated carbocycles. The van der Waals surface area contributed by atoms with Crippen molar-refractivity contribution in [2.45, 2.75) is 17.9 Å². The van der Waals surface area contributed by atoms with Gasteiger partial charge in [-0.05, 0) is 18.6 Å². The molecule has 0 aliphatic rings. The van der Waals surface area contributed by atoms with E-state index in [1.165, 1.54) is 4.31 Å². The van der Waals surface area contributed by atoms with E-state index >= 15 is 0 Å². The molecular formula is C16H21ClN2O2S. The molecule has 22 heavy (non-hydrogen) atoms. The second kappa shape index (κ2) is 7.74. The summed E-state index contributed by atoms with van der Waals surface area (Å²) in [5.41, 5.74) is 7.17. The molecular weight excluding hydrogens is 320 g/mol. The van der Waals surface area contributed by atoms with Crippen LogP contribution < -0.4 is 5.73 Å². The molecule has 0 aromatic heterocycles. The zero-order valence-corrected chi connectivity index (χ0v) is 14.3. The molecule has 0 saturated heterocycles. The topological polar surface area (TPSA) is 63.4 Å². The van der Waals surface area contributed by atoms with Crippen LogP contribution in [0.25, 0.3) is 11.1 Å². The zero-order chi connectivity index (χ0) is 15.5. The van der Waals surface area contributed by atoms with Gasteiger partial charge in [-0.1, -0.05) is 48.5 Å². The van der Waals surface area contributed by atoms with Crippen LogP contribution in [0, 0.1) is 0 Å². The van der Waals surface area contributed by atoms with Crippen molar-refractivity contribution in [2.75, 3.05) is 13.6 Å². The Morgan fingerprint density at radius 2 is 1.59 bits per heavy atom. The lowest BCUT2D eigenvalue weighted by atomic mass is 10.1. The summed E-state index contributed by atoms with van der Waals surface area (Å²) in [5.74, 6) is 0. The van der Waals surface area contributed by atoms with E-state index in [9.17, 15) is 8.42 Å². The molecule has 0 heterocycles. The molecule has 0 aliphatic carbocycles. The molecule has 1 unspecified atom stereocenters. The highest BCUT2D eigenvalue weighted by molar-refractivity contribution is 7.89. The third-order valence-corrected chi connectivity index (χ3v) is 5.62. The summed E-state index contributed by atoms with van der Waals surface area (Å²) in [5, 5.41) is 0. The molecule has 2 rings (SSSR count). The first kappa shape index (κ1) is 18.6. The number of hydrogen-bond donors (Lipinski definition) is 1. The van der Waals surface area contributed by atoms with Gasteiger partial charge >= 0.3 is 0 Å². The van der Waals surface area contributed by atoms with Crippen LogP contribution in [-0.4, -0.2) is 32.4 Å². The Balaban J connectivity index is 0.00000242. The Kier molecular flexibility index (Phi) is 6.56. The molecule has 0 radical (unpaired) electrons. The monoisotopic (exact) mass is 340 g/mol. The van der Waals surface area contributed by atoms with Crippen molar-refractivity contribution in [1.29, 1.82) is 0 Å². The lowest BCUT2D eigenvalue weighted by molar-refractivity contribution is 0.394. The van der Waals surface area contributed by atoms with Gasteiger partial charge in [-0.25, -0.2) is 8.42 Å². The standard InChI is InChI=1S/C16H20N2O2S.ClH/c1-13(12-17)18(2)21(19,20)16-11-7-6-10-15(16)14-8-4-3-5-9-14;/h3-11,13H,12,17H2,1-2H3;1H. The van der Waals surface area contributed by atoms with E-state index in [1.807, 2.05) is 42.5 Å². The average molecular weight is 341 g/mol. The maximum atomic E-state index is 12.8. The van der Waals surface area contributed by atoms with Gasteiger partial charge in [0.15, 0.2) is 0 Å². The Bertz CT molecular complexity index is 705. The van der Waals surface area contributed by atoms with Crippen molar-refractivity contribution >= 4 is 22.4 Å². The maximum Gasteiger partial charge on any atom is 0.243 e. The molecule has 6 heteroatoms. The highest BCUT2D eigenvalue weighted by Gasteiger charge is 2.27. The number of nitrogens with zero attached hydrogens (tertiary/aromatic N) is 1. The van der Waals surface area contributed by atoms with Crippen molar-refractivity contribution in [3.05, 3.63) is 54.6 Å². The number of nitrogens with two attached hydrogens (primary N) is 1. The second-order valence-electron chi connectivity index (χ2n) is 4.97. The van der Waals surface area contributed by atoms with E-state index in [4.69, 9.17) is 5.73 Å². The molecule has 120 valence electrons. The molecule has 2 aromatic rings. The van der Waals surface area contributed by atoms with E-state index in [0.717, 1.165) is 5.56 Å². The van der Waals surface area contributed by atoms with Gasteiger partial charge in [-0.15, -0.1) is 12.4 Å². The number of hydrogen-bond acceptors (Lipinski definition) is 3. The molecule has 0 aliphatic heterocycles. The molecule has 0 bridgehead atoms. The van der Waals surface area contributed by atoms with E-state index in [2.05, 4.69) is 0 Å². The number of sulfonamides is 1. The Hall–Kier alpha value is -1.40. The summed E-state index contributed by atoms with van der Waals surface area (Å²) in [6.07, 6.45) is 0. The first-order chi connectivity index (χ1) is 9.98. The second-order valence-corrected chi connectivity index (χ2v) is 6.93. The van der Waals surface area contributed by atoms with Crippen LogP contribution >= 0.6 is 12.4 Å². The minimum Gasteiger partial charge on any atom is -0.329 e. The first-order valence-electron chi connectivity index (χ1n) is 6.81. The van der Waals surface area contributed by atoms with Gasteiger partial charge in [0.25, 0.3) is 0 Å². The zero-order valence-electron chi connectivity index (χ0n) is 12.6. The molecule has 2 aromatic carbocycles. The third kappa shape index (κ3) is 3.67. The molecule has 0 spiro atoms. The highest BCUT2D eigenvalue weighted by atomic mass is 35.5. The van der Waals surface area contributed by atoms with Gasteiger partial charge in [-0.2, -0.15) is 4.31 Å². The average Bonchev–Trinajstić information content (AvgIpc) is 2.54. The summed E-state index contributed by atoms with van der Waals surface area (Å²) >= 11 is 0. The van der Waals surface area contributed by atoms with Gasteiger partial charge in [-0.3, -0.25) is 0 Å². The highest BCUT2D eigenvalue weighted by Crippen LogP contribution is 2.29. The van der Waals surface area contributed by atoms with Crippen molar-refractivity contribution in [2.24, 2.45) is 5.73 Å². The summed E-state index contributed by atoms with van der Waals surface area (Å²) in [4.78, 5) is 0.305. The van der Waals surface area contributed by atoms with E-state index in [-0.39, 0.29) is 25.0 Å². The fraction of sp³-hybridized carbons (Fsp3) is 0.250. The Morgan fingerprint density at radius 1 is 1.05 bits per heavy atom.